The first-order chi connectivity index (χ1) is 21.3. The van der Waals surface area contributed by atoms with E-state index in [1.165, 1.54) is 49.2 Å². The molecule has 0 spiro atoms. The summed E-state index contributed by atoms with van der Waals surface area (Å²) in [5.74, 6) is 0. The predicted molar refractivity (Wildman–Crippen MR) is 180 cm³/mol. The van der Waals surface area contributed by atoms with Crippen molar-refractivity contribution in [3.63, 3.8) is 0 Å². The van der Waals surface area contributed by atoms with Gasteiger partial charge in [-0.3, -0.25) is 0 Å². The zero-order valence-electron chi connectivity index (χ0n) is 23.4. The van der Waals surface area contributed by atoms with Crippen molar-refractivity contribution in [2.45, 2.75) is 12.8 Å². The molecule has 0 aliphatic heterocycles. The highest BCUT2D eigenvalue weighted by Crippen LogP contribution is 2.43. The molecule has 0 N–H and O–H groups in total. The Labute approximate surface area is 247 Å². The van der Waals surface area contributed by atoms with Crippen molar-refractivity contribution < 1.29 is 4.42 Å². The fourth-order valence-corrected chi connectivity index (χ4v) is 7.49. The molecule has 43 heavy (non-hydrogen) atoms. The van der Waals surface area contributed by atoms with E-state index in [9.17, 15) is 0 Å². The zero-order valence-corrected chi connectivity index (χ0v) is 23.4. The summed E-state index contributed by atoms with van der Waals surface area (Å²) in [5, 5.41) is 7.33. The summed E-state index contributed by atoms with van der Waals surface area (Å²) < 4.78 is 11.5. The second kappa shape index (κ2) is 8.50. The van der Waals surface area contributed by atoms with Gasteiger partial charge in [0.1, 0.15) is 5.58 Å². The fraction of sp³-hybridized carbons (Fsp3) is 0.0500. The van der Waals surface area contributed by atoms with Crippen LogP contribution in [-0.4, -0.2) is 9.13 Å². The van der Waals surface area contributed by atoms with E-state index in [1.807, 2.05) is 6.07 Å². The van der Waals surface area contributed by atoms with Gasteiger partial charge in [0.25, 0.3) is 0 Å². The first-order valence-electron chi connectivity index (χ1n) is 15.0. The number of aryl methyl sites for hydroxylation is 1. The summed E-state index contributed by atoms with van der Waals surface area (Å²) >= 11 is 0. The van der Waals surface area contributed by atoms with E-state index in [0.717, 1.165) is 51.7 Å². The average Bonchev–Trinajstić information content (AvgIpc) is 3.73. The normalized spacial score (nSPS) is 13.3. The smallest absolute Gasteiger partial charge is 0.160 e. The second-order valence-corrected chi connectivity index (χ2v) is 11.6. The van der Waals surface area contributed by atoms with Crippen LogP contribution in [0, 0.1) is 0 Å². The molecule has 0 fully saturated rings. The Balaban J connectivity index is 1.29. The molecule has 3 aromatic heterocycles. The van der Waals surface area contributed by atoms with E-state index in [2.05, 4.69) is 137 Å². The molecule has 3 heteroatoms. The lowest BCUT2D eigenvalue weighted by Crippen LogP contribution is -2.01. The van der Waals surface area contributed by atoms with Gasteiger partial charge >= 0.3 is 0 Å². The summed E-state index contributed by atoms with van der Waals surface area (Å²) in [6.07, 6.45) is 6.78. The first-order valence-corrected chi connectivity index (χ1v) is 15.0. The molecule has 0 atom stereocenters. The fourth-order valence-electron chi connectivity index (χ4n) is 7.49. The molecule has 6 aromatic carbocycles. The largest absolute Gasteiger partial charge is 0.454 e. The molecule has 0 unspecified atom stereocenters. The van der Waals surface area contributed by atoms with Crippen molar-refractivity contribution in [3.8, 4) is 11.4 Å². The average molecular weight is 551 g/mol. The highest BCUT2D eigenvalue weighted by Gasteiger charge is 2.22. The van der Waals surface area contributed by atoms with Gasteiger partial charge in [-0.25, -0.2) is 0 Å². The topological polar surface area (TPSA) is 23.0 Å². The zero-order chi connectivity index (χ0) is 28.1. The van der Waals surface area contributed by atoms with Gasteiger partial charge in [0, 0.05) is 49.3 Å². The predicted octanol–water partition coefficient (Wildman–Crippen LogP) is 10.7. The van der Waals surface area contributed by atoms with Gasteiger partial charge in [-0.2, -0.15) is 0 Å². The van der Waals surface area contributed by atoms with Crippen LogP contribution in [0.3, 0.4) is 0 Å². The Morgan fingerprint density at radius 3 is 1.86 bits per heavy atom. The van der Waals surface area contributed by atoms with Crippen molar-refractivity contribution in [2.75, 3.05) is 0 Å². The minimum absolute atomic E-state index is 0.922. The van der Waals surface area contributed by atoms with Gasteiger partial charge in [0.05, 0.1) is 22.1 Å². The maximum atomic E-state index is 6.64. The van der Waals surface area contributed by atoms with Crippen LogP contribution >= 0.6 is 0 Å². The Bertz CT molecular complexity index is 2550. The van der Waals surface area contributed by atoms with E-state index >= 15 is 0 Å². The number of para-hydroxylation sites is 3. The van der Waals surface area contributed by atoms with Crippen LogP contribution in [0.4, 0.5) is 0 Å². The lowest BCUT2D eigenvalue weighted by molar-refractivity contribution is 0.671. The van der Waals surface area contributed by atoms with Crippen LogP contribution in [-0.2, 0) is 6.42 Å². The number of hydrogen-bond donors (Lipinski definition) is 0. The monoisotopic (exact) mass is 550 g/mol. The maximum absolute atomic E-state index is 6.64. The number of hydrogen-bond acceptors (Lipinski definition) is 1. The molecular weight excluding hydrogens is 524 g/mol. The quantitative estimate of drug-likeness (QED) is 0.210. The van der Waals surface area contributed by atoms with Crippen LogP contribution in [0.1, 0.15) is 17.5 Å². The van der Waals surface area contributed by atoms with Crippen molar-refractivity contribution in [1.82, 2.24) is 9.13 Å². The summed E-state index contributed by atoms with van der Waals surface area (Å²) in [4.78, 5) is 0. The molecule has 0 saturated heterocycles. The number of rotatable bonds is 2. The summed E-state index contributed by atoms with van der Waals surface area (Å²) in [6.45, 7) is 0. The molecule has 0 radical (unpaired) electrons. The number of nitrogens with zero attached hydrogens (tertiary/aromatic N) is 2. The van der Waals surface area contributed by atoms with Gasteiger partial charge in [0.15, 0.2) is 5.58 Å². The van der Waals surface area contributed by atoms with Crippen LogP contribution in [0.25, 0.3) is 83.0 Å². The van der Waals surface area contributed by atoms with Gasteiger partial charge in [-0.1, -0.05) is 84.9 Å². The minimum Gasteiger partial charge on any atom is -0.454 e. The number of benzene rings is 6. The third-order valence-electron chi connectivity index (χ3n) is 9.38. The molecule has 10 rings (SSSR count). The summed E-state index contributed by atoms with van der Waals surface area (Å²) in [6, 6.07) is 43.9. The Morgan fingerprint density at radius 1 is 0.488 bits per heavy atom. The van der Waals surface area contributed by atoms with Crippen molar-refractivity contribution in [1.29, 1.82) is 0 Å². The third-order valence-corrected chi connectivity index (χ3v) is 9.38. The molecule has 9 aromatic rings. The number of fused-ring (bicyclic) bond motifs is 12. The minimum atomic E-state index is 0.922. The van der Waals surface area contributed by atoms with E-state index in [1.54, 1.807) is 0 Å². The molecule has 0 amide bonds. The molecule has 0 bridgehead atoms. The van der Waals surface area contributed by atoms with E-state index in [4.69, 9.17) is 4.42 Å². The highest BCUT2D eigenvalue weighted by atomic mass is 16.3. The van der Waals surface area contributed by atoms with E-state index in [-0.39, 0.29) is 0 Å². The Morgan fingerprint density at radius 2 is 1.09 bits per heavy atom. The molecular formula is C40H26N2O. The van der Waals surface area contributed by atoms with Gasteiger partial charge in [-0.05, 0) is 66.9 Å². The lowest BCUT2D eigenvalue weighted by atomic mass is 9.95. The number of furan rings is 1. The van der Waals surface area contributed by atoms with Crippen molar-refractivity contribution in [2.24, 2.45) is 0 Å². The molecule has 0 saturated carbocycles. The molecule has 1 aliphatic rings. The van der Waals surface area contributed by atoms with Gasteiger partial charge in [0.2, 0.25) is 0 Å². The Kier molecular flexibility index (Phi) is 4.56. The lowest BCUT2D eigenvalue weighted by Gasteiger charge is -2.16. The third kappa shape index (κ3) is 3.09. The van der Waals surface area contributed by atoms with Crippen LogP contribution in [0.2, 0.25) is 0 Å². The maximum Gasteiger partial charge on any atom is 0.160 e. The van der Waals surface area contributed by atoms with Crippen LogP contribution in [0.5, 0.6) is 0 Å². The van der Waals surface area contributed by atoms with Gasteiger partial charge < -0.3 is 13.6 Å². The summed E-state index contributed by atoms with van der Waals surface area (Å²) in [5.41, 5.74) is 11.7. The van der Waals surface area contributed by atoms with E-state index in [0.29, 0.717) is 0 Å². The second-order valence-electron chi connectivity index (χ2n) is 11.6. The van der Waals surface area contributed by atoms with Crippen molar-refractivity contribution >= 4 is 71.6 Å². The number of aromatic nitrogens is 2. The van der Waals surface area contributed by atoms with Crippen molar-refractivity contribution in [3.05, 3.63) is 139 Å². The molecule has 1 aliphatic carbocycles. The SMILES string of the molecule is C1=Cc2c(ccc3c4ccc5c6ccccc6oc5c4n(-c4ccc(-n5c6ccccc6c6ccccc65)cc4)c23)CC1. The first kappa shape index (κ1) is 23.1. The van der Waals surface area contributed by atoms with E-state index < -0.39 is 0 Å². The van der Waals surface area contributed by atoms with Crippen LogP contribution in [0.15, 0.2) is 132 Å². The summed E-state index contributed by atoms with van der Waals surface area (Å²) in [7, 11) is 0. The highest BCUT2D eigenvalue weighted by molar-refractivity contribution is 6.22. The van der Waals surface area contributed by atoms with Gasteiger partial charge in [-0.15, -0.1) is 0 Å². The molecule has 3 heterocycles. The van der Waals surface area contributed by atoms with Crippen LogP contribution < -0.4 is 0 Å². The molecule has 202 valence electrons. The number of allylic oxidation sites excluding steroid dienone is 1. The standard InChI is InChI=1S/C40H26N2O/c1-2-10-28-25(9-1)17-22-32-33-23-24-34-31-13-5-8-16-37(31)43-40(34)39(33)42(38(28)32)27-20-18-26(19-21-27)41-35-14-6-3-11-29(35)30-12-4-7-15-36(30)41/h2-8,10-24H,1,9H2. The Hall–Kier alpha value is -5.54. The molecule has 3 nitrogen and oxygen atoms in total.